The molecule has 0 aliphatic heterocycles. The highest BCUT2D eigenvalue weighted by Crippen LogP contribution is 2.22. The second-order valence-corrected chi connectivity index (χ2v) is 6.31. The third-order valence-electron chi connectivity index (χ3n) is 4.37. The van der Waals surface area contributed by atoms with Gasteiger partial charge in [-0.05, 0) is 24.5 Å². The van der Waals surface area contributed by atoms with Gasteiger partial charge in [-0.15, -0.1) is 0 Å². The monoisotopic (exact) mass is 376 g/mol. The Kier molecular flexibility index (Phi) is 6.43. The van der Waals surface area contributed by atoms with E-state index in [-0.39, 0.29) is 6.42 Å². The van der Waals surface area contributed by atoms with Crippen LogP contribution in [0.5, 0.6) is 0 Å². The van der Waals surface area contributed by atoms with Crippen LogP contribution in [-0.2, 0) is 20.7 Å². The minimum Gasteiger partial charge on any atom is -0.480 e. The summed E-state index contributed by atoms with van der Waals surface area (Å²) in [6, 6.07) is 5.18. The summed E-state index contributed by atoms with van der Waals surface area (Å²) in [6.45, 7) is 1.94. The van der Waals surface area contributed by atoms with Gasteiger partial charge >= 0.3 is 12.1 Å². The maximum Gasteiger partial charge on any atom is 0.418 e. The highest BCUT2D eigenvalue weighted by Gasteiger charge is 2.24. The zero-order chi connectivity index (χ0) is 20.7. The van der Waals surface area contributed by atoms with Gasteiger partial charge in [0.25, 0.3) is 0 Å². The fraction of sp³-hybridized carbons (Fsp3) is 0.421. The minimum atomic E-state index is -1.10. The molecule has 1 aromatic heterocycles. The van der Waals surface area contributed by atoms with Gasteiger partial charge in [-0.1, -0.05) is 38.0 Å². The summed E-state index contributed by atoms with van der Waals surface area (Å²) in [5, 5.41) is 12.5. The molecular formula is C19H25N3O5. The molecule has 0 aliphatic carbocycles. The van der Waals surface area contributed by atoms with Gasteiger partial charge in [0.15, 0.2) is 0 Å². The molecule has 0 spiro atoms. The molecule has 2 rings (SSSR count). The largest absolute Gasteiger partial charge is 0.480 e. The van der Waals surface area contributed by atoms with Crippen LogP contribution in [0, 0.1) is 0 Å². The lowest BCUT2D eigenvalue weighted by Crippen LogP contribution is -2.49. The number of aromatic nitrogens is 1. The van der Waals surface area contributed by atoms with Gasteiger partial charge in [0.2, 0.25) is 5.91 Å². The third kappa shape index (κ3) is 4.85. The number of hydrogen-bond acceptors (Lipinski definition) is 5. The highest BCUT2D eigenvalue weighted by atomic mass is 16.5. The fourth-order valence-electron chi connectivity index (χ4n) is 2.91. The smallest absolute Gasteiger partial charge is 0.418 e. The molecule has 27 heavy (non-hydrogen) atoms. The Morgan fingerprint density at radius 3 is 2.74 bits per heavy atom. The number of aliphatic carboxylic acids is 1. The number of rotatable bonds is 9. The molecule has 4 N–H and O–H groups in total. The maximum atomic E-state index is 12.5. The molecule has 0 bridgehead atoms. The summed E-state index contributed by atoms with van der Waals surface area (Å²) in [4.78, 5) is 35.9. The van der Waals surface area contributed by atoms with Crippen LogP contribution in [0.3, 0.4) is 0 Å². The van der Waals surface area contributed by atoms with Crippen molar-refractivity contribution in [3.05, 3.63) is 36.0 Å². The number of carboxylic acid groups (broad SMARTS) is 1. The van der Waals surface area contributed by atoms with Crippen LogP contribution in [0.2, 0.25) is 1.41 Å². The molecule has 0 fully saturated rings. The van der Waals surface area contributed by atoms with E-state index in [9.17, 15) is 19.5 Å². The number of ether oxygens (including phenoxy) is 1. The maximum absolute atomic E-state index is 12.5. The topological polar surface area (TPSA) is 124 Å². The number of nitrogens with one attached hydrogen (secondary N) is 1. The van der Waals surface area contributed by atoms with Crippen LogP contribution in [-0.4, -0.2) is 46.8 Å². The molecule has 8 nitrogen and oxygen atoms in total. The van der Waals surface area contributed by atoms with E-state index in [1.54, 1.807) is 18.3 Å². The van der Waals surface area contributed by atoms with Gasteiger partial charge in [-0.2, -0.15) is 0 Å². The van der Waals surface area contributed by atoms with E-state index in [0.717, 1.165) is 11.8 Å². The second kappa shape index (κ2) is 9.18. The number of unbranched alkanes of at least 4 members (excludes halogenated alkanes) is 1. The Hall–Kier alpha value is -2.87. The van der Waals surface area contributed by atoms with Gasteiger partial charge in [0.05, 0.1) is 18.7 Å². The third-order valence-corrected chi connectivity index (χ3v) is 4.37. The van der Waals surface area contributed by atoms with Crippen molar-refractivity contribution in [2.45, 2.75) is 44.7 Å². The van der Waals surface area contributed by atoms with Gasteiger partial charge in [-0.3, -0.25) is 9.36 Å². The van der Waals surface area contributed by atoms with Crippen molar-refractivity contribution in [1.82, 2.24) is 9.88 Å². The predicted octanol–water partition coefficient (Wildman–Crippen LogP) is 1.89. The average molecular weight is 376 g/mol. The number of fused-ring (bicyclic) bond motifs is 1. The molecule has 1 amide bonds. The van der Waals surface area contributed by atoms with Crippen molar-refractivity contribution in [3.63, 3.8) is 0 Å². The molecule has 146 valence electrons. The number of benzene rings is 1. The Morgan fingerprint density at radius 2 is 2.11 bits per heavy atom. The second-order valence-electron chi connectivity index (χ2n) is 6.31. The fourth-order valence-corrected chi connectivity index (χ4v) is 2.91. The normalized spacial score (nSPS) is 13.6. The van der Waals surface area contributed by atoms with E-state index in [4.69, 9.17) is 6.15 Å². The number of hydrogen-bond donors (Lipinski definition) is 3. The molecule has 0 unspecified atom stereocenters. The predicted molar refractivity (Wildman–Crippen MR) is 101 cm³/mol. The van der Waals surface area contributed by atoms with Gasteiger partial charge in [0.1, 0.15) is 7.45 Å². The molecule has 0 radical (unpaired) electrons. The summed E-state index contributed by atoms with van der Waals surface area (Å²) in [7, 11) is 1.28. The Morgan fingerprint density at radius 1 is 1.37 bits per heavy atom. The molecule has 0 aliphatic rings. The van der Waals surface area contributed by atoms with Crippen LogP contribution >= 0.6 is 0 Å². The first-order valence-electron chi connectivity index (χ1n) is 9.30. The number of carboxylic acids is 1. The van der Waals surface area contributed by atoms with Crippen molar-refractivity contribution < 1.29 is 25.6 Å². The number of amides is 1. The molecule has 8 heteroatoms. The molecule has 1 aromatic carbocycles. The summed E-state index contributed by atoms with van der Waals surface area (Å²) in [6.07, 6.45) is 2.92. The molecule has 2 aromatic rings. The van der Waals surface area contributed by atoms with Gasteiger partial charge < -0.3 is 20.9 Å². The van der Waals surface area contributed by atoms with E-state index in [1.807, 2.05) is 19.1 Å². The average Bonchev–Trinajstić information content (AvgIpc) is 3.06. The lowest BCUT2D eigenvalue weighted by molar-refractivity contribution is -0.142. The van der Waals surface area contributed by atoms with Crippen LogP contribution in [0.25, 0.3) is 10.9 Å². The molecular weight excluding hydrogens is 350 g/mol. The van der Waals surface area contributed by atoms with Crippen molar-refractivity contribution in [2.24, 2.45) is 5.73 Å². The van der Waals surface area contributed by atoms with Crippen LogP contribution in [0.15, 0.2) is 30.5 Å². The van der Waals surface area contributed by atoms with E-state index in [1.165, 1.54) is 11.7 Å². The lowest BCUT2D eigenvalue weighted by Gasteiger charge is -2.17. The highest BCUT2D eigenvalue weighted by molar-refractivity contribution is 5.93. The Balaban J connectivity index is 2.23. The number of methoxy groups -OCH3 is 1. The van der Waals surface area contributed by atoms with Crippen LogP contribution < -0.4 is 11.0 Å². The SMILES string of the molecule is [2H]N[C@H](Cc1cn(C(=O)OC)c2ccccc12)C(=O)N[C@@H](CCCC)C(=O)O. The number of carbonyl (C=O) groups is 3. The lowest BCUT2D eigenvalue weighted by atomic mass is 10.0. The number of nitrogens with two attached hydrogens (primary N) is 1. The summed E-state index contributed by atoms with van der Waals surface area (Å²) >= 11 is 0. The van der Waals surface area contributed by atoms with Crippen LogP contribution in [0.1, 0.15) is 31.7 Å². The minimum absolute atomic E-state index is 0.111. The summed E-state index contributed by atoms with van der Waals surface area (Å²) in [5.74, 6) is -1.68. The van der Waals surface area contributed by atoms with E-state index >= 15 is 0 Å². The molecule has 0 saturated heterocycles. The number of nitrogens with zero attached hydrogens (tertiary/aromatic N) is 1. The van der Waals surface area contributed by atoms with Gasteiger partial charge in [-0.25, -0.2) is 9.59 Å². The number of carbonyl (C=O) groups excluding carboxylic acids is 2. The molecule has 2 atom stereocenters. The Labute approximate surface area is 158 Å². The van der Waals surface area contributed by atoms with E-state index in [0.29, 0.717) is 23.9 Å². The Bertz CT molecular complexity index is 851. The zero-order valence-corrected chi connectivity index (χ0v) is 15.4. The van der Waals surface area contributed by atoms with E-state index < -0.39 is 30.1 Å². The molecule has 0 saturated carbocycles. The van der Waals surface area contributed by atoms with Crippen molar-refractivity contribution in [1.29, 1.82) is 0 Å². The van der Waals surface area contributed by atoms with Crippen LogP contribution in [0.4, 0.5) is 4.79 Å². The first-order chi connectivity index (χ1) is 13.4. The van der Waals surface area contributed by atoms with Crippen molar-refractivity contribution in [2.75, 3.05) is 7.11 Å². The number of para-hydroxylation sites is 1. The first-order valence-corrected chi connectivity index (χ1v) is 8.80. The quantitative estimate of drug-likeness (QED) is 0.614. The summed E-state index contributed by atoms with van der Waals surface area (Å²) < 4.78 is 13.6. The summed E-state index contributed by atoms with van der Waals surface area (Å²) in [5.41, 5.74) is 3.48. The zero-order valence-electron chi connectivity index (χ0n) is 16.4. The van der Waals surface area contributed by atoms with Crippen molar-refractivity contribution in [3.8, 4) is 0 Å². The van der Waals surface area contributed by atoms with E-state index in [2.05, 4.69) is 11.0 Å². The molecule has 1 heterocycles. The first kappa shape index (κ1) is 18.9. The van der Waals surface area contributed by atoms with Crippen molar-refractivity contribution >= 4 is 28.9 Å². The standard InChI is InChI=1S/C19H25N3O5/c1-3-4-8-15(18(24)25)21-17(23)14(20)10-12-11-22(19(26)27-2)16-9-6-5-7-13(12)16/h5-7,9,11,14-15H,3-4,8,10,20H2,1-2H3,(H,21,23)(H,24,25)/t14-,15+/m1/s1/i/hD. The van der Waals surface area contributed by atoms with Gasteiger partial charge in [0, 0.05) is 11.6 Å².